The molecule has 4 heteroatoms. The molecule has 3 aromatic carbocycles. The highest BCUT2D eigenvalue weighted by molar-refractivity contribution is 7.95. The highest BCUT2D eigenvalue weighted by atomic mass is 79.9. The molecule has 0 radical (unpaired) electrons. The summed E-state index contributed by atoms with van der Waals surface area (Å²) >= 11 is 0. The van der Waals surface area contributed by atoms with Crippen LogP contribution in [-0.4, -0.2) is 17.2 Å². The molecule has 3 rings (SSSR count). The molecule has 0 saturated heterocycles. The Hall–Kier alpha value is -1.96. The number of aliphatic carboxylic acids is 1. The normalized spacial score (nSPS) is 14.1. The third-order valence-corrected chi connectivity index (χ3v) is 8.79. The monoisotopic (exact) mass is 446 g/mol. The largest absolute Gasteiger partial charge is 1.00 e. The van der Waals surface area contributed by atoms with E-state index in [1.165, 1.54) is 0 Å². The Balaban J connectivity index is 0.00000341. The van der Waals surface area contributed by atoms with Gasteiger partial charge in [0, 0.05) is 11.9 Å². The minimum atomic E-state index is -2.98. The topological polar surface area (TPSA) is 37.3 Å². The molecule has 0 aliphatic carbocycles. The average Bonchev–Trinajstić information content (AvgIpc) is 2.76. The van der Waals surface area contributed by atoms with Crippen molar-refractivity contribution in [3.8, 4) is 0 Å². The first-order chi connectivity index (χ1) is 14.2. The molecule has 0 aliphatic rings. The fourth-order valence-corrected chi connectivity index (χ4v) is 7.40. The highest BCUT2D eigenvalue weighted by Crippen LogP contribution is 2.55. The number of hydrogen-bond acceptors (Lipinski definition) is 1. The fraction of sp³-hybridized carbons (Fsp3) is 0.174. The van der Waals surface area contributed by atoms with Crippen LogP contribution in [0.1, 0.15) is 24.6 Å². The zero-order valence-corrected chi connectivity index (χ0v) is 17.2. The zero-order valence-electron chi connectivity index (χ0n) is 18.8. The first-order valence-electron chi connectivity index (χ1n) is 10.5. The molecule has 0 bridgehead atoms. The minimum Gasteiger partial charge on any atom is -1.00 e. The van der Waals surface area contributed by atoms with Gasteiger partial charge >= 0.3 is 5.97 Å². The minimum absolute atomic E-state index is 0. The van der Waals surface area contributed by atoms with Gasteiger partial charge in [0.1, 0.15) is 23.2 Å². The smallest absolute Gasteiger partial charge is 0.303 e. The predicted octanol–water partition coefficient (Wildman–Crippen LogP) is 1.24. The molecule has 0 fully saturated rings. The van der Waals surface area contributed by atoms with Crippen LogP contribution in [-0.2, 0) is 4.79 Å². The summed E-state index contributed by atoms with van der Waals surface area (Å²) in [5.74, 6) is -1.78. The lowest BCUT2D eigenvalue weighted by Crippen LogP contribution is -3.00. The quantitative estimate of drug-likeness (QED) is 0.528. The van der Waals surface area contributed by atoms with Crippen LogP contribution in [0.25, 0.3) is 0 Å². The van der Waals surface area contributed by atoms with Gasteiger partial charge in [-0.2, -0.15) is 0 Å². The number of halogens is 1. The maximum atomic E-state index is 11.4. The van der Waals surface area contributed by atoms with Crippen LogP contribution in [0.3, 0.4) is 0 Å². The molecule has 2 nitrogen and oxygen atoms in total. The van der Waals surface area contributed by atoms with E-state index in [0.717, 1.165) is 15.9 Å². The summed E-state index contributed by atoms with van der Waals surface area (Å²) in [4.78, 5) is 11.4. The number of carbonyl (C=O) groups is 1. The van der Waals surface area contributed by atoms with E-state index in [0.29, 0.717) is 6.16 Å². The molecule has 0 spiro atoms. The number of carboxylic acids is 1. The Labute approximate surface area is 178 Å². The molecule has 0 saturated carbocycles. The van der Waals surface area contributed by atoms with Gasteiger partial charge in [-0.1, -0.05) is 54.6 Å². The second-order valence-electron chi connectivity index (χ2n) is 5.90. The number of carboxylic acid groups (broad SMARTS) is 1. The molecule has 3 aromatic rings. The first kappa shape index (κ1) is 16.0. The van der Waals surface area contributed by atoms with Crippen molar-refractivity contribution >= 4 is 29.1 Å². The van der Waals surface area contributed by atoms with Crippen molar-refractivity contribution in [2.75, 3.05) is 6.16 Å². The summed E-state index contributed by atoms with van der Waals surface area (Å²) < 4.78 is 32.1. The zero-order chi connectivity index (χ0) is 21.8. The molecule has 140 valence electrons. The lowest BCUT2D eigenvalue weighted by atomic mass is 10.2. The molecule has 0 aliphatic heterocycles. The van der Waals surface area contributed by atoms with E-state index in [1.54, 1.807) is 0 Å². The summed E-state index contributed by atoms with van der Waals surface area (Å²) in [5.41, 5.74) is 0. The van der Waals surface area contributed by atoms with Gasteiger partial charge in [0.05, 0.1) is 6.16 Å². The van der Waals surface area contributed by atoms with Gasteiger partial charge in [-0.15, -0.1) is 0 Å². The van der Waals surface area contributed by atoms with E-state index in [9.17, 15) is 9.90 Å². The molecule has 0 atom stereocenters. The molecule has 0 heterocycles. The highest BCUT2D eigenvalue weighted by Gasteiger charge is 2.44. The van der Waals surface area contributed by atoms with Gasteiger partial charge in [0.25, 0.3) is 0 Å². The van der Waals surface area contributed by atoms with Crippen molar-refractivity contribution < 1.29 is 32.4 Å². The maximum absolute atomic E-state index is 11.4. The van der Waals surface area contributed by atoms with Crippen LogP contribution in [0.5, 0.6) is 0 Å². The summed E-state index contributed by atoms with van der Waals surface area (Å²) in [7, 11) is -2.35. The van der Waals surface area contributed by atoms with Gasteiger partial charge < -0.3 is 22.1 Å². The Morgan fingerprint density at radius 2 is 1.15 bits per heavy atom. The predicted molar refractivity (Wildman–Crippen MR) is 112 cm³/mol. The average molecular weight is 447 g/mol. The van der Waals surface area contributed by atoms with E-state index >= 15 is 0 Å². The van der Waals surface area contributed by atoms with E-state index < -0.39 is 26.0 Å². The van der Waals surface area contributed by atoms with Crippen molar-refractivity contribution in [1.82, 2.24) is 0 Å². The van der Waals surface area contributed by atoms with Gasteiger partial charge in [0.15, 0.2) is 0 Å². The lowest BCUT2D eigenvalue weighted by Gasteiger charge is -2.27. The standard InChI is InChI=1S/C23H23O2P.BrH/c24-23(25)18-10-11-19-26(20-12-4-1-5-13-20,21-14-6-2-7-15-21)22-16-8-3-9-17-22;/h1-9,12-17H,10-11,18-19H2;1H/i10D2,18D2;. The fourth-order valence-electron chi connectivity index (χ4n) is 3.24. The number of benzene rings is 3. The van der Waals surface area contributed by atoms with Gasteiger partial charge in [-0.05, 0) is 49.2 Å². The van der Waals surface area contributed by atoms with Crippen LogP contribution >= 0.6 is 7.26 Å². The molecule has 0 aromatic heterocycles. The third-order valence-electron chi connectivity index (χ3n) is 4.36. The second kappa shape index (κ2) is 10.4. The Morgan fingerprint density at radius 1 is 0.778 bits per heavy atom. The lowest BCUT2D eigenvalue weighted by molar-refractivity contribution is -0.137. The molecular formula is C23H24BrO2P. The van der Waals surface area contributed by atoms with Gasteiger partial charge in [-0.3, -0.25) is 4.79 Å². The first-order valence-corrected chi connectivity index (χ1v) is 10.5. The van der Waals surface area contributed by atoms with Gasteiger partial charge in [-0.25, -0.2) is 0 Å². The Kier molecular flexibility index (Phi) is 6.17. The summed E-state index contributed by atoms with van der Waals surface area (Å²) in [6.45, 7) is 0. The summed E-state index contributed by atoms with van der Waals surface area (Å²) in [6, 6.07) is 29.6. The molecule has 27 heavy (non-hydrogen) atoms. The van der Waals surface area contributed by atoms with Crippen LogP contribution in [0, 0.1) is 0 Å². The van der Waals surface area contributed by atoms with Crippen LogP contribution in [0.15, 0.2) is 91.0 Å². The van der Waals surface area contributed by atoms with E-state index in [2.05, 4.69) is 0 Å². The SMILES string of the molecule is [2H]C([2H])(CC[P+](c1ccccc1)(c1ccccc1)c1ccccc1)C([2H])([2H])C(=O)O.[Br-]. The van der Waals surface area contributed by atoms with E-state index in [-0.39, 0.29) is 23.4 Å². The van der Waals surface area contributed by atoms with Crippen molar-refractivity contribution in [3.05, 3.63) is 91.0 Å². The van der Waals surface area contributed by atoms with E-state index in [4.69, 9.17) is 5.48 Å². The number of hydrogen-bond donors (Lipinski definition) is 1. The maximum Gasteiger partial charge on any atom is 0.303 e. The van der Waals surface area contributed by atoms with Crippen molar-refractivity contribution in [1.29, 1.82) is 0 Å². The number of rotatable bonds is 8. The molecule has 0 unspecified atom stereocenters. The Morgan fingerprint density at radius 3 is 1.48 bits per heavy atom. The third kappa shape index (κ3) is 5.06. The Bertz CT molecular complexity index is 890. The second-order valence-corrected chi connectivity index (χ2v) is 9.51. The molecular weight excluding hydrogens is 419 g/mol. The van der Waals surface area contributed by atoms with Crippen LogP contribution < -0.4 is 32.9 Å². The van der Waals surface area contributed by atoms with Crippen molar-refractivity contribution in [3.63, 3.8) is 0 Å². The van der Waals surface area contributed by atoms with Crippen LogP contribution in [0.4, 0.5) is 0 Å². The van der Waals surface area contributed by atoms with Crippen LogP contribution in [0.2, 0.25) is 0 Å². The summed E-state index contributed by atoms with van der Waals surface area (Å²) in [5, 5.41) is 12.4. The molecule has 1 N–H and O–H groups in total. The molecule has 0 amide bonds. The van der Waals surface area contributed by atoms with Crippen molar-refractivity contribution in [2.45, 2.75) is 19.2 Å². The van der Waals surface area contributed by atoms with Gasteiger partial charge in [0.2, 0.25) is 0 Å². The summed E-state index contributed by atoms with van der Waals surface area (Å²) in [6.07, 6.45) is -5.42. The van der Waals surface area contributed by atoms with Crippen molar-refractivity contribution in [2.24, 2.45) is 0 Å². The van der Waals surface area contributed by atoms with E-state index in [1.807, 2.05) is 91.0 Å².